The fraction of sp³-hybridized carbons (Fsp3) is 0.538. The standard InChI is InChI=1S/C13H20FN3O2S/c1-16(6-7-17-4-2-3-5-17)20(18,19)13-9-11(14)8-12(15)10-13/h8-10H,2-7,15H2,1H3. The Kier molecular flexibility index (Phi) is 4.62. The lowest BCUT2D eigenvalue weighted by Gasteiger charge is -2.21. The van der Waals surface area contributed by atoms with Gasteiger partial charge in [0.15, 0.2) is 0 Å². The van der Waals surface area contributed by atoms with Gasteiger partial charge < -0.3 is 10.6 Å². The van der Waals surface area contributed by atoms with E-state index in [9.17, 15) is 12.8 Å². The minimum absolute atomic E-state index is 0.0982. The number of hydrogen-bond donors (Lipinski definition) is 1. The monoisotopic (exact) mass is 301 g/mol. The van der Waals surface area contributed by atoms with Crippen LogP contribution >= 0.6 is 0 Å². The maximum Gasteiger partial charge on any atom is 0.243 e. The van der Waals surface area contributed by atoms with E-state index in [0.717, 1.165) is 38.1 Å². The van der Waals surface area contributed by atoms with Crippen LogP contribution in [0.15, 0.2) is 23.1 Å². The second kappa shape index (κ2) is 6.07. The summed E-state index contributed by atoms with van der Waals surface area (Å²) in [5.74, 6) is -0.642. The van der Waals surface area contributed by atoms with Crippen molar-refractivity contribution in [2.75, 3.05) is 39.0 Å². The zero-order chi connectivity index (χ0) is 14.8. The van der Waals surface area contributed by atoms with Crippen LogP contribution in [0.2, 0.25) is 0 Å². The third-order valence-electron chi connectivity index (χ3n) is 3.53. The number of benzene rings is 1. The Morgan fingerprint density at radius 2 is 1.95 bits per heavy atom. The molecule has 7 heteroatoms. The first-order valence-corrected chi connectivity index (χ1v) is 8.08. The Balaban J connectivity index is 2.07. The van der Waals surface area contributed by atoms with Crippen LogP contribution in [0.1, 0.15) is 12.8 Å². The molecule has 1 heterocycles. The highest BCUT2D eigenvalue weighted by Gasteiger charge is 2.23. The van der Waals surface area contributed by atoms with Crippen molar-refractivity contribution >= 4 is 15.7 Å². The summed E-state index contributed by atoms with van der Waals surface area (Å²) in [5.41, 5.74) is 5.61. The van der Waals surface area contributed by atoms with Crippen molar-refractivity contribution in [2.45, 2.75) is 17.7 Å². The first-order valence-electron chi connectivity index (χ1n) is 6.64. The van der Waals surface area contributed by atoms with E-state index in [2.05, 4.69) is 4.90 Å². The van der Waals surface area contributed by atoms with Gasteiger partial charge in [0.2, 0.25) is 10.0 Å². The molecule has 0 unspecified atom stereocenters. The molecule has 5 nitrogen and oxygen atoms in total. The van der Waals surface area contributed by atoms with Gasteiger partial charge in [-0.1, -0.05) is 0 Å². The van der Waals surface area contributed by atoms with E-state index in [0.29, 0.717) is 13.1 Å². The van der Waals surface area contributed by atoms with Gasteiger partial charge in [-0.15, -0.1) is 0 Å². The lowest BCUT2D eigenvalue weighted by molar-refractivity contribution is 0.310. The second-order valence-corrected chi connectivity index (χ2v) is 7.14. The SMILES string of the molecule is CN(CCN1CCCC1)S(=O)(=O)c1cc(N)cc(F)c1. The molecule has 0 bridgehead atoms. The van der Waals surface area contributed by atoms with Crippen LogP contribution in [0, 0.1) is 5.82 Å². The number of halogens is 1. The van der Waals surface area contributed by atoms with Crippen molar-refractivity contribution in [3.05, 3.63) is 24.0 Å². The van der Waals surface area contributed by atoms with Gasteiger partial charge in [-0.3, -0.25) is 0 Å². The van der Waals surface area contributed by atoms with E-state index in [1.165, 1.54) is 17.4 Å². The second-order valence-electron chi connectivity index (χ2n) is 5.10. The van der Waals surface area contributed by atoms with Crippen molar-refractivity contribution in [1.29, 1.82) is 0 Å². The first kappa shape index (κ1) is 15.2. The maximum atomic E-state index is 13.3. The van der Waals surface area contributed by atoms with Crippen LogP contribution in [-0.2, 0) is 10.0 Å². The summed E-state index contributed by atoms with van der Waals surface area (Å²) in [4.78, 5) is 2.13. The topological polar surface area (TPSA) is 66.6 Å². The Morgan fingerprint density at radius 3 is 2.55 bits per heavy atom. The van der Waals surface area contributed by atoms with Crippen LogP contribution in [0.3, 0.4) is 0 Å². The van der Waals surface area contributed by atoms with Gasteiger partial charge in [0.1, 0.15) is 5.82 Å². The lowest BCUT2D eigenvalue weighted by Crippen LogP contribution is -2.35. The quantitative estimate of drug-likeness (QED) is 0.828. The van der Waals surface area contributed by atoms with Crippen molar-refractivity contribution in [2.24, 2.45) is 0 Å². The highest BCUT2D eigenvalue weighted by Crippen LogP contribution is 2.19. The van der Waals surface area contributed by atoms with Crippen molar-refractivity contribution in [1.82, 2.24) is 9.21 Å². The predicted molar refractivity (Wildman–Crippen MR) is 76.3 cm³/mol. The summed E-state index contributed by atoms with van der Waals surface area (Å²) in [6.07, 6.45) is 2.33. The van der Waals surface area contributed by atoms with Crippen LogP contribution in [0.5, 0.6) is 0 Å². The van der Waals surface area contributed by atoms with Gasteiger partial charge in [-0.25, -0.2) is 12.8 Å². The van der Waals surface area contributed by atoms with Crippen LogP contribution in [0.4, 0.5) is 10.1 Å². The fourth-order valence-corrected chi connectivity index (χ4v) is 3.55. The number of hydrogen-bond acceptors (Lipinski definition) is 4. The molecule has 0 aliphatic carbocycles. The van der Waals surface area contributed by atoms with Crippen molar-refractivity contribution in [3.63, 3.8) is 0 Å². The maximum absolute atomic E-state index is 13.3. The fourth-order valence-electron chi connectivity index (χ4n) is 2.32. The van der Waals surface area contributed by atoms with Gasteiger partial charge in [-0.05, 0) is 44.1 Å². The van der Waals surface area contributed by atoms with Crippen LogP contribution in [-0.4, -0.2) is 50.8 Å². The molecule has 1 aromatic rings. The number of likely N-dealkylation sites (N-methyl/N-ethyl adjacent to an activating group) is 1. The van der Waals surface area contributed by atoms with Gasteiger partial charge in [0.25, 0.3) is 0 Å². The van der Waals surface area contributed by atoms with Crippen molar-refractivity contribution < 1.29 is 12.8 Å². The third-order valence-corrected chi connectivity index (χ3v) is 5.37. The molecule has 0 amide bonds. The molecule has 112 valence electrons. The highest BCUT2D eigenvalue weighted by molar-refractivity contribution is 7.89. The zero-order valence-electron chi connectivity index (χ0n) is 11.5. The van der Waals surface area contributed by atoms with E-state index < -0.39 is 15.8 Å². The smallest absolute Gasteiger partial charge is 0.243 e. The average Bonchev–Trinajstić information content (AvgIpc) is 2.87. The number of sulfonamides is 1. The first-order chi connectivity index (χ1) is 9.39. The molecule has 2 N–H and O–H groups in total. The Bertz CT molecular complexity index is 551. The van der Waals surface area contributed by atoms with Gasteiger partial charge >= 0.3 is 0 Å². The predicted octanol–water partition coefficient (Wildman–Crippen LogP) is 1.12. The summed E-state index contributed by atoms with van der Waals surface area (Å²) in [7, 11) is -2.18. The normalized spacial score (nSPS) is 16.9. The molecular weight excluding hydrogens is 281 g/mol. The van der Waals surface area contributed by atoms with E-state index in [1.807, 2.05) is 0 Å². The van der Waals surface area contributed by atoms with Crippen molar-refractivity contribution in [3.8, 4) is 0 Å². The summed E-state index contributed by atoms with van der Waals surface area (Å²) in [6.45, 7) is 3.11. The summed E-state index contributed by atoms with van der Waals surface area (Å²) in [6, 6.07) is 3.38. The molecule has 20 heavy (non-hydrogen) atoms. The molecule has 1 aliphatic rings. The summed E-state index contributed by atoms with van der Waals surface area (Å²) < 4.78 is 39.2. The molecule has 1 aromatic carbocycles. The van der Waals surface area contributed by atoms with Gasteiger partial charge in [-0.2, -0.15) is 4.31 Å². The molecule has 0 saturated carbocycles. The van der Waals surface area contributed by atoms with E-state index in [1.54, 1.807) is 0 Å². The number of rotatable bonds is 5. The number of anilines is 1. The van der Waals surface area contributed by atoms with E-state index in [-0.39, 0.29) is 10.6 Å². The number of nitrogens with two attached hydrogens (primary N) is 1. The molecule has 0 atom stereocenters. The van der Waals surface area contributed by atoms with Crippen LogP contribution < -0.4 is 5.73 Å². The largest absolute Gasteiger partial charge is 0.399 e. The number of nitrogens with zero attached hydrogens (tertiary/aromatic N) is 2. The minimum atomic E-state index is -3.69. The zero-order valence-corrected chi connectivity index (χ0v) is 12.4. The molecule has 0 spiro atoms. The Labute approximate surface area is 119 Å². The molecule has 0 radical (unpaired) electrons. The molecular formula is C13H20FN3O2S. The highest BCUT2D eigenvalue weighted by atomic mass is 32.2. The average molecular weight is 301 g/mol. The lowest BCUT2D eigenvalue weighted by atomic mass is 10.3. The number of nitrogen functional groups attached to an aromatic ring is 1. The Hall–Kier alpha value is -1.18. The molecule has 1 saturated heterocycles. The van der Waals surface area contributed by atoms with Gasteiger partial charge in [0.05, 0.1) is 4.90 Å². The van der Waals surface area contributed by atoms with E-state index in [4.69, 9.17) is 5.73 Å². The molecule has 0 aromatic heterocycles. The number of likely N-dealkylation sites (tertiary alicyclic amines) is 1. The van der Waals surface area contributed by atoms with E-state index >= 15 is 0 Å². The van der Waals surface area contributed by atoms with Crippen LogP contribution in [0.25, 0.3) is 0 Å². The molecule has 2 rings (SSSR count). The van der Waals surface area contributed by atoms with Gasteiger partial charge in [0, 0.05) is 25.8 Å². The minimum Gasteiger partial charge on any atom is -0.399 e. The molecule has 1 aliphatic heterocycles. The summed E-state index contributed by atoms with van der Waals surface area (Å²) in [5, 5.41) is 0. The third kappa shape index (κ3) is 3.47. The summed E-state index contributed by atoms with van der Waals surface area (Å²) >= 11 is 0. The molecule has 1 fully saturated rings. The Morgan fingerprint density at radius 1 is 1.30 bits per heavy atom.